The normalized spacial score (nSPS) is 21.9. The first-order valence-electron chi connectivity index (χ1n) is 13.0. The van der Waals surface area contributed by atoms with Gasteiger partial charge in [-0.25, -0.2) is 9.78 Å². The van der Waals surface area contributed by atoms with Crippen molar-refractivity contribution in [3.8, 4) is 0 Å². The van der Waals surface area contributed by atoms with E-state index in [4.69, 9.17) is 9.16 Å². The van der Waals surface area contributed by atoms with Gasteiger partial charge >= 0.3 is 5.97 Å². The molecule has 208 valence electrons. The van der Waals surface area contributed by atoms with Gasteiger partial charge in [0.2, 0.25) is 5.91 Å². The van der Waals surface area contributed by atoms with Crippen molar-refractivity contribution in [1.82, 2.24) is 9.88 Å². The van der Waals surface area contributed by atoms with Gasteiger partial charge in [0.25, 0.3) is 5.69 Å². The van der Waals surface area contributed by atoms with Crippen molar-refractivity contribution in [3.05, 3.63) is 74.9 Å². The van der Waals surface area contributed by atoms with Gasteiger partial charge in [-0.2, -0.15) is 0 Å². The fourth-order valence-electron chi connectivity index (χ4n) is 4.80. The zero-order valence-electron chi connectivity index (χ0n) is 23.3. The lowest BCUT2D eigenvalue weighted by molar-refractivity contribution is -0.384. The van der Waals surface area contributed by atoms with E-state index in [-0.39, 0.29) is 52.9 Å². The standard InChI is InChI=1S/C28H35N3O6SSi/c1-17-23-22(18(2)37-39(6,7)28(3,4)5)26(32)30(23)24(25(17)38-21-10-8-9-15-29-21)27(33)36-16-19-11-13-20(14-12-19)31(34)35/h8-15,17-18,22-23H,16H2,1-7H3/t17-,18?,22-,23-/m1/s1. The number of ether oxygens (including phenoxy) is 1. The Hall–Kier alpha value is -3.02. The van der Waals surface area contributed by atoms with Crippen molar-refractivity contribution in [2.75, 3.05) is 0 Å². The highest BCUT2D eigenvalue weighted by Crippen LogP contribution is 2.53. The molecule has 2 aliphatic heterocycles. The van der Waals surface area contributed by atoms with E-state index in [1.165, 1.54) is 23.9 Å². The second-order valence-corrected chi connectivity index (χ2v) is 17.4. The summed E-state index contributed by atoms with van der Waals surface area (Å²) in [4.78, 5) is 44.2. The second-order valence-electron chi connectivity index (χ2n) is 11.6. The van der Waals surface area contributed by atoms with Crippen LogP contribution in [0.3, 0.4) is 0 Å². The summed E-state index contributed by atoms with van der Waals surface area (Å²) in [6.45, 7) is 14.8. The van der Waals surface area contributed by atoms with E-state index < -0.39 is 19.2 Å². The SMILES string of the molecule is CC(O[Si](C)(C)C(C)(C)C)[C@H]1C(=O)N2C(C(=O)OCc3ccc([N+](=O)[O-])cc3)=C(Sc3ccccn3)[C@H](C)[C@H]12. The molecule has 0 saturated carbocycles. The summed E-state index contributed by atoms with van der Waals surface area (Å²) in [6, 6.07) is 11.2. The molecule has 0 spiro atoms. The quantitative estimate of drug-likeness (QED) is 0.120. The summed E-state index contributed by atoms with van der Waals surface area (Å²) in [6.07, 6.45) is 1.39. The van der Waals surface area contributed by atoms with Crippen LogP contribution in [-0.4, -0.2) is 47.1 Å². The van der Waals surface area contributed by atoms with Crippen LogP contribution in [0.5, 0.6) is 0 Å². The van der Waals surface area contributed by atoms with E-state index in [9.17, 15) is 19.7 Å². The van der Waals surface area contributed by atoms with Gasteiger partial charge in [-0.15, -0.1) is 0 Å². The number of pyridine rings is 1. The van der Waals surface area contributed by atoms with Crippen LogP contribution in [-0.2, 0) is 25.4 Å². The van der Waals surface area contributed by atoms with Gasteiger partial charge in [-0.1, -0.05) is 45.5 Å². The van der Waals surface area contributed by atoms with E-state index in [0.29, 0.717) is 5.56 Å². The molecular formula is C28H35N3O6SSi. The number of benzene rings is 1. The molecule has 0 bridgehead atoms. The number of aromatic nitrogens is 1. The predicted molar refractivity (Wildman–Crippen MR) is 151 cm³/mol. The molecule has 4 atom stereocenters. The molecule has 1 aromatic heterocycles. The summed E-state index contributed by atoms with van der Waals surface area (Å²) < 4.78 is 12.2. The maximum Gasteiger partial charge on any atom is 0.356 e. The third-order valence-corrected chi connectivity index (χ3v) is 13.8. The molecular weight excluding hydrogens is 534 g/mol. The maximum atomic E-state index is 13.6. The summed E-state index contributed by atoms with van der Waals surface area (Å²) in [7, 11) is -2.12. The monoisotopic (exact) mass is 569 g/mol. The molecule has 1 amide bonds. The molecule has 1 aromatic carbocycles. The average molecular weight is 570 g/mol. The van der Waals surface area contributed by atoms with Gasteiger partial charge in [0.15, 0.2) is 8.32 Å². The maximum absolute atomic E-state index is 13.6. The number of esters is 1. The number of hydrogen-bond donors (Lipinski definition) is 0. The number of nitro groups is 1. The number of nitro benzene ring substituents is 1. The van der Waals surface area contributed by atoms with Crippen molar-refractivity contribution < 1.29 is 23.7 Å². The summed E-state index contributed by atoms with van der Waals surface area (Å²) in [5, 5.41) is 11.7. The zero-order chi connectivity index (χ0) is 28.7. The minimum atomic E-state index is -2.12. The highest BCUT2D eigenvalue weighted by atomic mass is 32.2. The number of fused-ring (bicyclic) bond motifs is 1. The Morgan fingerprint density at radius 3 is 2.44 bits per heavy atom. The number of carbonyl (C=O) groups is 2. The molecule has 2 aliphatic rings. The fourth-order valence-corrected chi connectivity index (χ4v) is 7.32. The Kier molecular flexibility index (Phi) is 8.07. The van der Waals surface area contributed by atoms with E-state index >= 15 is 0 Å². The smallest absolute Gasteiger partial charge is 0.356 e. The van der Waals surface area contributed by atoms with Crippen LogP contribution in [0.4, 0.5) is 5.69 Å². The predicted octanol–water partition coefficient (Wildman–Crippen LogP) is 5.92. The first-order valence-corrected chi connectivity index (χ1v) is 16.7. The Morgan fingerprint density at radius 1 is 1.21 bits per heavy atom. The van der Waals surface area contributed by atoms with Crippen LogP contribution in [0.15, 0.2) is 64.3 Å². The van der Waals surface area contributed by atoms with Crippen LogP contribution in [0.1, 0.15) is 40.2 Å². The number of non-ortho nitro benzene ring substituents is 1. The number of β-lactam (4-membered cyclic amide) rings is 1. The number of nitrogens with zero attached hydrogens (tertiary/aromatic N) is 3. The number of hydrogen-bond acceptors (Lipinski definition) is 8. The van der Waals surface area contributed by atoms with Crippen molar-refractivity contribution in [2.24, 2.45) is 11.8 Å². The fraction of sp³-hybridized carbons (Fsp3) is 0.464. The van der Waals surface area contributed by atoms with E-state index in [1.54, 1.807) is 23.2 Å². The van der Waals surface area contributed by atoms with Gasteiger partial charge in [0.05, 0.1) is 23.0 Å². The summed E-state index contributed by atoms with van der Waals surface area (Å²) >= 11 is 1.37. The van der Waals surface area contributed by atoms with Crippen molar-refractivity contribution >= 4 is 37.6 Å². The Bertz CT molecular complexity index is 1290. The number of thioether (sulfide) groups is 1. The molecule has 1 unspecified atom stereocenters. The largest absolute Gasteiger partial charge is 0.456 e. The first-order chi connectivity index (χ1) is 18.2. The van der Waals surface area contributed by atoms with E-state index in [2.05, 4.69) is 38.8 Å². The van der Waals surface area contributed by atoms with Crippen LogP contribution in [0, 0.1) is 22.0 Å². The molecule has 4 rings (SSSR count). The molecule has 39 heavy (non-hydrogen) atoms. The Labute approximate surface area is 234 Å². The van der Waals surface area contributed by atoms with Crippen molar-refractivity contribution in [2.45, 2.75) is 76.5 Å². The number of amides is 1. The number of rotatable bonds is 9. The Balaban J connectivity index is 1.58. The average Bonchev–Trinajstić information content (AvgIpc) is 3.10. The lowest BCUT2D eigenvalue weighted by Crippen LogP contribution is -2.65. The molecule has 11 heteroatoms. The minimum absolute atomic E-state index is 0.000108. The third kappa shape index (κ3) is 5.66. The Morgan fingerprint density at radius 2 is 1.87 bits per heavy atom. The van der Waals surface area contributed by atoms with Crippen LogP contribution in [0.2, 0.25) is 18.1 Å². The second kappa shape index (κ2) is 10.9. The van der Waals surface area contributed by atoms with E-state index in [1.807, 2.05) is 32.0 Å². The van der Waals surface area contributed by atoms with E-state index in [0.717, 1.165) is 9.93 Å². The number of carbonyl (C=O) groups excluding carboxylic acids is 2. The van der Waals surface area contributed by atoms with Gasteiger partial charge in [-0.05, 0) is 54.9 Å². The summed E-state index contributed by atoms with van der Waals surface area (Å²) in [5.41, 5.74) is 0.812. The lowest BCUT2D eigenvalue weighted by atomic mass is 9.79. The lowest BCUT2D eigenvalue weighted by Gasteiger charge is -2.50. The molecule has 1 fully saturated rings. The van der Waals surface area contributed by atoms with Gasteiger partial charge in [0, 0.05) is 29.2 Å². The van der Waals surface area contributed by atoms with Crippen molar-refractivity contribution in [1.29, 1.82) is 0 Å². The molecule has 3 heterocycles. The first kappa shape index (κ1) is 29.0. The molecule has 0 N–H and O–H groups in total. The van der Waals surface area contributed by atoms with Gasteiger partial charge < -0.3 is 14.1 Å². The molecule has 1 saturated heterocycles. The molecule has 0 radical (unpaired) electrons. The van der Waals surface area contributed by atoms with Crippen LogP contribution >= 0.6 is 11.8 Å². The molecule has 0 aliphatic carbocycles. The molecule has 2 aromatic rings. The van der Waals surface area contributed by atoms with Crippen LogP contribution < -0.4 is 0 Å². The third-order valence-electron chi connectivity index (χ3n) is 7.94. The highest BCUT2D eigenvalue weighted by Gasteiger charge is 2.61. The minimum Gasteiger partial charge on any atom is -0.456 e. The summed E-state index contributed by atoms with van der Waals surface area (Å²) in [5.74, 6) is -1.23. The topological polar surface area (TPSA) is 112 Å². The highest BCUT2D eigenvalue weighted by molar-refractivity contribution is 8.03. The zero-order valence-corrected chi connectivity index (χ0v) is 25.2. The molecule has 9 nitrogen and oxygen atoms in total. The van der Waals surface area contributed by atoms with Gasteiger partial charge in [0.1, 0.15) is 17.3 Å². The van der Waals surface area contributed by atoms with Crippen LogP contribution in [0.25, 0.3) is 0 Å². The van der Waals surface area contributed by atoms with Crippen molar-refractivity contribution in [3.63, 3.8) is 0 Å². The van der Waals surface area contributed by atoms with Gasteiger partial charge in [-0.3, -0.25) is 14.9 Å².